The maximum atomic E-state index is 15.5. The number of halogens is 9. The van der Waals surface area contributed by atoms with E-state index in [1.807, 2.05) is 0 Å². The number of alkyl halides is 6. The predicted molar refractivity (Wildman–Crippen MR) is 224 cm³/mol. The number of carbonyl (C=O) groups excluding carboxylic acids is 1. The first kappa shape index (κ1) is 44.9. The van der Waals surface area contributed by atoms with Gasteiger partial charge in [-0.25, -0.2) is 31.3 Å². The minimum absolute atomic E-state index is 0.00748. The van der Waals surface area contributed by atoms with E-state index in [-0.39, 0.29) is 66.5 Å². The first-order valence-electron chi connectivity index (χ1n) is 20.8. The number of ether oxygens (including phenoxy) is 1. The van der Waals surface area contributed by atoms with Crippen molar-refractivity contribution < 1.29 is 49.2 Å². The molecule has 4 heterocycles. The largest absolute Gasteiger partial charge is 0.593 e. The van der Waals surface area contributed by atoms with Gasteiger partial charge in [-0.2, -0.15) is 18.6 Å². The van der Waals surface area contributed by atoms with Gasteiger partial charge < -0.3 is 14.6 Å². The molecule has 2 N–H and O–H groups in total. The van der Waals surface area contributed by atoms with Crippen LogP contribution in [-0.4, -0.2) is 64.5 Å². The molecule has 1 aliphatic heterocycles. The molecule has 0 radical (unpaired) electrons. The third kappa shape index (κ3) is 8.67. The van der Waals surface area contributed by atoms with Gasteiger partial charge in [0.2, 0.25) is 11.7 Å². The van der Waals surface area contributed by atoms with Crippen LogP contribution in [0.15, 0.2) is 53.3 Å². The van der Waals surface area contributed by atoms with E-state index in [4.69, 9.17) is 21.3 Å². The molecule has 2 fully saturated rings. The summed E-state index contributed by atoms with van der Waals surface area (Å²) in [6.07, 6.45) is -4.58. The number of anilines is 1. The Balaban J connectivity index is 1.25. The monoisotopic (exact) mass is 950 g/mol. The van der Waals surface area contributed by atoms with E-state index in [0.717, 1.165) is 26.9 Å². The number of nitrogens with one attached hydrogen (secondary N) is 2. The van der Waals surface area contributed by atoms with Crippen LogP contribution in [0.1, 0.15) is 84.9 Å². The van der Waals surface area contributed by atoms with Crippen LogP contribution in [0.25, 0.3) is 27.5 Å². The van der Waals surface area contributed by atoms with Crippen molar-refractivity contribution in [3.8, 4) is 5.69 Å². The van der Waals surface area contributed by atoms with Crippen molar-refractivity contribution in [2.75, 3.05) is 17.9 Å². The second-order valence-electron chi connectivity index (χ2n) is 16.6. The first-order chi connectivity index (χ1) is 31.0. The zero-order valence-corrected chi connectivity index (χ0v) is 35.9. The normalized spacial score (nSPS) is 18.5. The van der Waals surface area contributed by atoms with Gasteiger partial charge in [0.05, 0.1) is 49.9 Å². The summed E-state index contributed by atoms with van der Waals surface area (Å²) in [7, 11) is 0. The van der Waals surface area contributed by atoms with E-state index < -0.39 is 103 Å². The molecular formula is C43H39ClF8N8O4S. The van der Waals surface area contributed by atoms with Crippen molar-refractivity contribution in [2.24, 2.45) is 5.92 Å². The fraction of sp³-hybridized carbons (Fsp3) is 0.419. The highest BCUT2D eigenvalue weighted by atomic mass is 35.5. The summed E-state index contributed by atoms with van der Waals surface area (Å²) >= 11 is 5.03. The lowest BCUT2D eigenvalue weighted by molar-refractivity contribution is -0.123. The van der Waals surface area contributed by atoms with E-state index in [1.54, 1.807) is 18.2 Å². The van der Waals surface area contributed by atoms with E-state index in [2.05, 4.69) is 20.2 Å². The maximum Gasteiger partial charge on any atom is 0.292 e. The first-order valence-corrected chi connectivity index (χ1v) is 22.4. The standard InChI is InChI=1S/C43H39ClF8N8O4S/c1-20-12-28-36(39(49)50)55-59(38(28)43(20,51)52)19-34(61)53-31(15-21-13-24(45)17-25(46)14-21)41-54-30-16-23(22-8-10-64-11-9-22)2-5-27(30)42(62)60(41)32-7-6-29(44)35-37(32)58(18-33(47)48)56-40(35)57-65(63)26-3-4-26/h2,5-7,13-14,16-17,20,22,26,31,33,39H,3-4,8-12,15,18-19H2,1H3,(H,53,61)(H,56,57). The number of aromatic nitrogens is 6. The lowest BCUT2D eigenvalue weighted by Crippen LogP contribution is -2.38. The molecule has 0 bridgehead atoms. The molecule has 9 rings (SSSR count). The third-order valence-corrected chi connectivity index (χ3v) is 13.8. The molecule has 3 atom stereocenters. The van der Waals surface area contributed by atoms with Crippen molar-refractivity contribution in [3.05, 3.63) is 109 Å². The van der Waals surface area contributed by atoms with Crippen molar-refractivity contribution in [1.29, 1.82) is 0 Å². The molecule has 344 valence electrons. The highest BCUT2D eigenvalue weighted by molar-refractivity contribution is 7.93. The van der Waals surface area contributed by atoms with Crippen LogP contribution in [0, 0.1) is 17.6 Å². The smallest absolute Gasteiger partial charge is 0.292 e. The Labute approximate surface area is 372 Å². The molecule has 6 aromatic rings. The lowest BCUT2D eigenvalue weighted by Gasteiger charge is -2.25. The highest BCUT2D eigenvalue weighted by Gasteiger charge is 2.51. The number of benzene rings is 3. The number of rotatable bonds is 14. The molecule has 3 unspecified atom stereocenters. The minimum Gasteiger partial charge on any atom is -0.593 e. The molecule has 2 aliphatic carbocycles. The lowest BCUT2D eigenvalue weighted by atomic mass is 9.91. The molecule has 3 aliphatic rings. The van der Waals surface area contributed by atoms with Crippen molar-refractivity contribution in [3.63, 3.8) is 0 Å². The van der Waals surface area contributed by atoms with Crippen LogP contribution in [0.4, 0.5) is 40.9 Å². The Bertz CT molecular complexity index is 2860. The maximum absolute atomic E-state index is 15.5. The number of fused-ring (bicyclic) bond motifs is 3. The average molecular weight is 951 g/mol. The van der Waals surface area contributed by atoms with Gasteiger partial charge in [-0.1, -0.05) is 24.6 Å². The molecule has 1 saturated carbocycles. The Morgan fingerprint density at radius 2 is 1.72 bits per heavy atom. The molecule has 1 amide bonds. The quantitative estimate of drug-likeness (QED) is 0.0817. The van der Waals surface area contributed by atoms with Crippen molar-refractivity contribution in [1.82, 2.24) is 34.4 Å². The Morgan fingerprint density at radius 1 is 1.00 bits per heavy atom. The molecule has 1 saturated heterocycles. The van der Waals surface area contributed by atoms with Gasteiger partial charge >= 0.3 is 0 Å². The SMILES string of the molecule is CC1Cc2c(C(F)F)nn(CC(=O)NC(Cc3cc(F)cc(F)c3)c3nc4cc(C5CCOCC5)ccc4c(=O)n3-c3ccc(Cl)c4c(N[S+]([O-])C5CC5)nn(CC(F)F)c34)c2C1(F)F. The van der Waals surface area contributed by atoms with Crippen LogP contribution >= 0.6 is 11.6 Å². The van der Waals surface area contributed by atoms with Crippen LogP contribution in [-0.2, 0) is 52.7 Å². The second-order valence-corrected chi connectivity index (χ2v) is 18.5. The molecular weight excluding hydrogens is 912 g/mol. The number of hydrogen-bond acceptors (Lipinski definition) is 8. The van der Waals surface area contributed by atoms with Crippen LogP contribution < -0.4 is 15.6 Å². The van der Waals surface area contributed by atoms with E-state index in [0.29, 0.717) is 49.6 Å². The summed E-state index contributed by atoms with van der Waals surface area (Å²) in [4.78, 5) is 34.3. The third-order valence-electron chi connectivity index (χ3n) is 12.0. The van der Waals surface area contributed by atoms with Crippen LogP contribution in [0.3, 0.4) is 0 Å². The fourth-order valence-electron chi connectivity index (χ4n) is 8.81. The van der Waals surface area contributed by atoms with E-state index in [9.17, 15) is 35.7 Å². The zero-order chi connectivity index (χ0) is 46.1. The average Bonchev–Trinajstić information content (AvgIpc) is 3.90. The Hall–Kier alpha value is -5.25. The van der Waals surface area contributed by atoms with Gasteiger partial charge in [0.15, 0.2) is 0 Å². The van der Waals surface area contributed by atoms with Crippen molar-refractivity contribution in [2.45, 2.75) is 94.5 Å². The molecule has 22 heteroatoms. The van der Waals surface area contributed by atoms with Gasteiger partial charge in [-0.05, 0) is 72.7 Å². The molecule has 65 heavy (non-hydrogen) atoms. The number of carbonyl (C=O) groups is 1. The van der Waals surface area contributed by atoms with Crippen LogP contribution in [0.2, 0.25) is 5.02 Å². The van der Waals surface area contributed by atoms with Gasteiger partial charge in [0, 0.05) is 50.0 Å². The molecule has 3 aromatic carbocycles. The van der Waals surface area contributed by atoms with Gasteiger partial charge in [-0.3, -0.25) is 23.5 Å². The van der Waals surface area contributed by atoms with Crippen LogP contribution in [0.5, 0.6) is 0 Å². The number of nitrogens with zero attached hydrogens (tertiary/aromatic N) is 6. The summed E-state index contributed by atoms with van der Waals surface area (Å²) in [5.41, 5.74) is -2.38. The highest BCUT2D eigenvalue weighted by Crippen LogP contribution is 2.48. The minimum atomic E-state index is -3.64. The predicted octanol–water partition coefficient (Wildman–Crippen LogP) is 8.58. The molecule has 3 aromatic heterocycles. The topological polar surface area (TPSA) is 144 Å². The van der Waals surface area contributed by atoms with E-state index in [1.165, 1.54) is 19.1 Å². The van der Waals surface area contributed by atoms with Gasteiger partial charge in [0.25, 0.3) is 24.3 Å². The molecule has 12 nitrogen and oxygen atoms in total. The summed E-state index contributed by atoms with van der Waals surface area (Å²) in [5.74, 6) is -8.56. The molecule has 0 spiro atoms. The summed E-state index contributed by atoms with van der Waals surface area (Å²) < 4.78 is 141. The second kappa shape index (κ2) is 17.5. The van der Waals surface area contributed by atoms with E-state index >= 15 is 13.6 Å². The van der Waals surface area contributed by atoms with Crippen molar-refractivity contribution >= 4 is 56.5 Å². The van der Waals surface area contributed by atoms with Gasteiger partial charge in [0.1, 0.15) is 47.2 Å². The Morgan fingerprint density at radius 3 is 2.40 bits per heavy atom. The Kier molecular flexibility index (Phi) is 12.1. The summed E-state index contributed by atoms with van der Waals surface area (Å²) in [6, 6.07) is 8.60. The zero-order valence-electron chi connectivity index (χ0n) is 34.3. The van der Waals surface area contributed by atoms with Gasteiger partial charge in [-0.15, -0.1) is 5.10 Å². The summed E-state index contributed by atoms with van der Waals surface area (Å²) in [5, 5.41) is 10.5. The fourth-order valence-corrected chi connectivity index (χ4v) is 10.1. The number of hydrogen-bond donors (Lipinski definition) is 2. The number of amides is 1. The summed E-state index contributed by atoms with van der Waals surface area (Å²) in [6.45, 7) is 0.0830.